The van der Waals surface area contributed by atoms with Crippen LogP contribution in [0.25, 0.3) is 0 Å². The van der Waals surface area contributed by atoms with E-state index in [1.807, 2.05) is 0 Å². The number of hydrogen-bond acceptors (Lipinski definition) is 1. The molecule has 1 heteroatoms. The third kappa shape index (κ3) is 2.57. The van der Waals surface area contributed by atoms with Crippen molar-refractivity contribution in [2.75, 3.05) is 6.61 Å². The summed E-state index contributed by atoms with van der Waals surface area (Å²) in [5.41, 5.74) is 3.07. The molecule has 1 nitrogen and oxygen atoms in total. The van der Waals surface area contributed by atoms with Gasteiger partial charge in [-0.25, -0.2) is 0 Å². The summed E-state index contributed by atoms with van der Waals surface area (Å²) in [6.45, 7) is 12.1. The van der Waals surface area contributed by atoms with Crippen LogP contribution < -0.4 is 0 Å². The number of rotatable bonds is 2. The van der Waals surface area contributed by atoms with Gasteiger partial charge in [-0.3, -0.25) is 0 Å². The molecular formula is C12H22O. The van der Waals surface area contributed by atoms with E-state index in [9.17, 15) is 0 Å². The Labute approximate surface area is 82.2 Å². The van der Waals surface area contributed by atoms with Crippen LogP contribution in [0.2, 0.25) is 0 Å². The first kappa shape index (κ1) is 10.8. The summed E-state index contributed by atoms with van der Waals surface area (Å²) in [4.78, 5) is 0. The van der Waals surface area contributed by atoms with Gasteiger partial charge in [0, 0.05) is 0 Å². The maximum absolute atomic E-state index is 5.77. The molecule has 0 aromatic rings. The molecule has 1 atom stereocenters. The molecule has 1 heterocycles. The first-order chi connectivity index (χ1) is 6.02. The normalized spacial score (nSPS) is 24.7. The maximum atomic E-state index is 5.77. The lowest BCUT2D eigenvalue weighted by Gasteiger charge is -2.30. The molecule has 0 saturated carbocycles. The number of hydrogen-bond donors (Lipinski definition) is 0. The second kappa shape index (κ2) is 4.28. The smallest absolute Gasteiger partial charge is 0.0680 e. The molecule has 13 heavy (non-hydrogen) atoms. The first-order valence-corrected chi connectivity index (χ1v) is 5.32. The lowest BCUT2D eigenvalue weighted by Crippen LogP contribution is -2.27. The second-order valence-corrected chi connectivity index (χ2v) is 4.76. The van der Waals surface area contributed by atoms with E-state index in [1.54, 1.807) is 5.57 Å². The topological polar surface area (TPSA) is 9.23 Å². The van der Waals surface area contributed by atoms with E-state index in [2.05, 4.69) is 34.6 Å². The van der Waals surface area contributed by atoms with Crippen molar-refractivity contribution < 1.29 is 4.74 Å². The van der Waals surface area contributed by atoms with Gasteiger partial charge in [-0.2, -0.15) is 0 Å². The van der Waals surface area contributed by atoms with E-state index < -0.39 is 0 Å². The van der Waals surface area contributed by atoms with Crippen molar-refractivity contribution in [2.45, 2.75) is 47.1 Å². The minimum Gasteiger partial charge on any atom is -0.373 e. The Morgan fingerprint density at radius 2 is 1.85 bits per heavy atom. The van der Waals surface area contributed by atoms with E-state index in [4.69, 9.17) is 4.74 Å². The van der Waals surface area contributed by atoms with Crippen molar-refractivity contribution in [1.29, 1.82) is 0 Å². The third-order valence-corrected chi connectivity index (χ3v) is 2.92. The number of ether oxygens (including phenoxy) is 1. The molecule has 0 unspecified atom stereocenters. The lowest BCUT2D eigenvalue weighted by molar-refractivity contribution is 0.0240. The van der Waals surface area contributed by atoms with E-state index in [1.165, 1.54) is 5.57 Å². The summed E-state index contributed by atoms with van der Waals surface area (Å²) in [5.74, 6) is 1.33. The van der Waals surface area contributed by atoms with Crippen LogP contribution in [0.5, 0.6) is 0 Å². The minimum absolute atomic E-state index is 0.445. The standard InChI is InChI=1S/C12H22O/c1-8(2)11-6-12(9(3)4)13-7-10(11)5/h8-9,12H,6-7H2,1-5H3/t12-/m0/s1. The largest absolute Gasteiger partial charge is 0.373 e. The molecule has 0 aromatic carbocycles. The monoisotopic (exact) mass is 182 g/mol. The molecule has 1 aliphatic heterocycles. The molecule has 0 radical (unpaired) electrons. The van der Waals surface area contributed by atoms with Crippen molar-refractivity contribution in [1.82, 2.24) is 0 Å². The summed E-state index contributed by atoms with van der Waals surface area (Å²) in [6, 6.07) is 0. The van der Waals surface area contributed by atoms with Crippen LogP contribution in [0.4, 0.5) is 0 Å². The molecule has 0 aliphatic carbocycles. The van der Waals surface area contributed by atoms with Crippen LogP contribution in [0.1, 0.15) is 41.0 Å². The quantitative estimate of drug-likeness (QED) is 0.595. The molecule has 0 amide bonds. The van der Waals surface area contributed by atoms with Crippen molar-refractivity contribution in [3.05, 3.63) is 11.1 Å². The molecule has 1 aliphatic rings. The minimum atomic E-state index is 0.445. The maximum Gasteiger partial charge on any atom is 0.0680 e. The van der Waals surface area contributed by atoms with Gasteiger partial charge >= 0.3 is 0 Å². The molecule has 0 aromatic heterocycles. The summed E-state index contributed by atoms with van der Waals surface area (Å²) < 4.78 is 5.77. The third-order valence-electron chi connectivity index (χ3n) is 2.92. The highest BCUT2D eigenvalue weighted by molar-refractivity contribution is 5.18. The van der Waals surface area contributed by atoms with Crippen molar-refractivity contribution in [2.24, 2.45) is 11.8 Å². The van der Waals surface area contributed by atoms with Crippen molar-refractivity contribution in [3.63, 3.8) is 0 Å². The first-order valence-electron chi connectivity index (χ1n) is 5.32. The zero-order valence-electron chi connectivity index (χ0n) is 9.55. The highest BCUT2D eigenvalue weighted by Crippen LogP contribution is 2.29. The lowest BCUT2D eigenvalue weighted by atomic mass is 9.87. The summed E-state index contributed by atoms with van der Waals surface area (Å²) in [7, 11) is 0. The van der Waals surface area contributed by atoms with E-state index in [0.717, 1.165) is 13.0 Å². The Morgan fingerprint density at radius 3 is 2.31 bits per heavy atom. The summed E-state index contributed by atoms with van der Waals surface area (Å²) >= 11 is 0. The molecule has 0 bridgehead atoms. The predicted octanol–water partition coefficient (Wildman–Crippen LogP) is 3.40. The van der Waals surface area contributed by atoms with Crippen LogP contribution in [-0.4, -0.2) is 12.7 Å². The second-order valence-electron chi connectivity index (χ2n) is 4.76. The van der Waals surface area contributed by atoms with Crippen LogP contribution in [-0.2, 0) is 4.74 Å². The molecule has 0 N–H and O–H groups in total. The SMILES string of the molecule is CC1=C(C(C)C)C[C@@H](C(C)C)OC1. The van der Waals surface area contributed by atoms with Crippen LogP contribution in [0.3, 0.4) is 0 Å². The Morgan fingerprint density at radius 1 is 1.23 bits per heavy atom. The van der Waals surface area contributed by atoms with Gasteiger partial charge in [0.05, 0.1) is 12.7 Å². The van der Waals surface area contributed by atoms with Gasteiger partial charge in [0.2, 0.25) is 0 Å². The Bertz CT molecular complexity index is 201. The molecule has 0 saturated heterocycles. The Hall–Kier alpha value is -0.300. The molecule has 0 spiro atoms. The zero-order chi connectivity index (χ0) is 10.0. The van der Waals surface area contributed by atoms with Crippen molar-refractivity contribution >= 4 is 0 Å². The zero-order valence-corrected chi connectivity index (χ0v) is 9.55. The highest BCUT2D eigenvalue weighted by Gasteiger charge is 2.23. The van der Waals surface area contributed by atoms with Gasteiger partial charge in [-0.15, -0.1) is 0 Å². The van der Waals surface area contributed by atoms with Gasteiger partial charge < -0.3 is 4.74 Å². The molecule has 1 rings (SSSR count). The van der Waals surface area contributed by atoms with Gasteiger partial charge in [0.1, 0.15) is 0 Å². The van der Waals surface area contributed by atoms with E-state index in [-0.39, 0.29) is 0 Å². The van der Waals surface area contributed by atoms with Crippen LogP contribution in [0.15, 0.2) is 11.1 Å². The van der Waals surface area contributed by atoms with E-state index in [0.29, 0.717) is 17.9 Å². The average Bonchev–Trinajstić information content (AvgIpc) is 2.04. The van der Waals surface area contributed by atoms with Gasteiger partial charge in [0.15, 0.2) is 0 Å². The highest BCUT2D eigenvalue weighted by atomic mass is 16.5. The fourth-order valence-electron chi connectivity index (χ4n) is 1.93. The molecule has 0 fully saturated rings. The Kier molecular flexibility index (Phi) is 3.55. The summed E-state index contributed by atoms with van der Waals surface area (Å²) in [5, 5.41) is 0. The van der Waals surface area contributed by atoms with Crippen molar-refractivity contribution in [3.8, 4) is 0 Å². The fourth-order valence-corrected chi connectivity index (χ4v) is 1.93. The van der Waals surface area contributed by atoms with Crippen LogP contribution >= 0.6 is 0 Å². The Balaban J connectivity index is 2.70. The van der Waals surface area contributed by atoms with Gasteiger partial charge in [0.25, 0.3) is 0 Å². The van der Waals surface area contributed by atoms with Gasteiger partial charge in [-0.05, 0) is 30.8 Å². The average molecular weight is 182 g/mol. The summed E-state index contributed by atoms with van der Waals surface area (Å²) in [6.07, 6.45) is 1.59. The molecular weight excluding hydrogens is 160 g/mol. The molecule has 76 valence electrons. The fraction of sp³-hybridized carbons (Fsp3) is 0.833. The van der Waals surface area contributed by atoms with Gasteiger partial charge in [-0.1, -0.05) is 33.3 Å². The van der Waals surface area contributed by atoms with E-state index >= 15 is 0 Å². The predicted molar refractivity (Wildman–Crippen MR) is 56.7 cm³/mol. The van der Waals surface area contributed by atoms with Crippen LogP contribution in [0, 0.1) is 11.8 Å².